The number of aliphatic carboxylic acids is 1. The summed E-state index contributed by atoms with van der Waals surface area (Å²) in [7, 11) is 0. The van der Waals surface area contributed by atoms with E-state index in [0.29, 0.717) is 19.6 Å². The zero-order valence-corrected chi connectivity index (χ0v) is 11.2. The number of urea groups is 1. The van der Waals surface area contributed by atoms with Crippen LogP contribution in [0.3, 0.4) is 0 Å². The van der Waals surface area contributed by atoms with Crippen molar-refractivity contribution in [2.24, 2.45) is 0 Å². The first-order chi connectivity index (χ1) is 8.10. The van der Waals surface area contributed by atoms with E-state index in [1.54, 1.807) is 21.6 Å². The summed E-state index contributed by atoms with van der Waals surface area (Å²) in [6.45, 7) is 5.86. The molecule has 0 aromatic heterocycles. The number of thioether (sulfide) groups is 1. The fourth-order valence-corrected chi connectivity index (χ4v) is 3.02. The van der Waals surface area contributed by atoms with Crippen molar-refractivity contribution >= 4 is 23.8 Å². The molecule has 2 amide bonds. The lowest BCUT2D eigenvalue weighted by Crippen LogP contribution is -2.52. The van der Waals surface area contributed by atoms with E-state index < -0.39 is 5.97 Å². The van der Waals surface area contributed by atoms with Gasteiger partial charge in [-0.15, -0.1) is 0 Å². The quantitative estimate of drug-likeness (QED) is 0.828. The molecule has 1 aliphatic rings. The zero-order valence-electron chi connectivity index (χ0n) is 10.4. The van der Waals surface area contributed by atoms with E-state index in [9.17, 15) is 9.59 Å². The molecule has 1 saturated heterocycles. The van der Waals surface area contributed by atoms with E-state index in [0.717, 1.165) is 11.5 Å². The second kappa shape index (κ2) is 6.74. The summed E-state index contributed by atoms with van der Waals surface area (Å²) in [6, 6.07) is -0.194. The van der Waals surface area contributed by atoms with Gasteiger partial charge in [0.2, 0.25) is 0 Å². The standard InChI is InChI=1S/C11H20N2O3S/c1-3-12(4-2)11(16)13-5-6-17-8-9(13)7-10(14)15/h9H,3-8H2,1-2H3,(H,14,15). The van der Waals surface area contributed by atoms with Gasteiger partial charge in [0.1, 0.15) is 0 Å². The Morgan fingerprint density at radius 1 is 1.41 bits per heavy atom. The van der Waals surface area contributed by atoms with E-state index in [1.807, 2.05) is 13.8 Å². The lowest BCUT2D eigenvalue weighted by Gasteiger charge is -2.37. The maximum atomic E-state index is 12.2. The molecule has 0 radical (unpaired) electrons. The van der Waals surface area contributed by atoms with Crippen LogP contribution >= 0.6 is 11.8 Å². The Morgan fingerprint density at radius 3 is 2.59 bits per heavy atom. The molecule has 1 rings (SSSR count). The van der Waals surface area contributed by atoms with E-state index in [2.05, 4.69) is 0 Å². The first-order valence-electron chi connectivity index (χ1n) is 5.95. The van der Waals surface area contributed by atoms with Crippen molar-refractivity contribution in [3.05, 3.63) is 0 Å². The number of rotatable bonds is 4. The number of hydrogen-bond donors (Lipinski definition) is 1. The van der Waals surface area contributed by atoms with Crippen molar-refractivity contribution in [3.63, 3.8) is 0 Å². The number of carboxylic acid groups (broad SMARTS) is 1. The highest BCUT2D eigenvalue weighted by atomic mass is 32.2. The van der Waals surface area contributed by atoms with E-state index in [4.69, 9.17) is 5.11 Å². The Balaban J connectivity index is 2.69. The molecule has 1 aliphatic heterocycles. The van der Waals surface area contributed by atoms with Crippen LogP contribution in [0.4, 0.5) is 4.79 Å². The Bertz CT molecular complexity index is 282. The van der Waals surface area contributed by atoms with Crippen LogP contribution in [0.2, 0.25) is 0 Å². The maximum absolute atomic E-state index is 12.2. The molecule has 5 nitrogen and oxygen atoms in total. The number of carboxylic acids is 1. The van der Waals surface area contributed by atoms with Crippen molar-refractivity contribution in [1.82, 2.24) is 9.80 Å². The van der Waals surface area contributed by atoms with Gasteiger partial charge in [0, 0.05) is 31.1 Å². The average molecular weight is 260 g/mol. The maximum Gasteiger partial charge on any atom is 0.320 e. The summed E-state index contributed by atoms with van der Waals surface area (Å²) in [5.41, 5.74) is 0. The zero-order chi connectivity index (χ0) is 12.8. The number of hydrogen-bond acceptors (Lipinski definition) is 3. The second-order valence-corrected chi connectivity index (χ2v) is 5.12. The molecule has 1 fully saturated rings. The number of carbonyl (C=O) groups is 2. The molecule has 1 N–H and O–H groups in total. The van der Waals surface area contributed by atoms with Gasteiger partial charge in [0.05, 0.1) is 12.5 Å². The Hall–Kier alpha value is -0.910. The van der Waals surface area contributed by atoms with Gasteiger partial charge in [-0.1, -0.05) is 0 Å². The summed E-state index contributed by atoms with van der Waals surface area (Å²) in [5, 5.41) is 8.86. The van der Waals surface area contributed by atoms with E-state index >= 15 is 0 Å². The third-order valence-corrected chi connectivity index (χ3v) is 4.01. The van der Waals surface area contributed by atoms with Crippen LogP contribution in [-0.4, -0.2) is 64.1 Å². The van der Waals surface area contributed by atoms with Crippen LogP contribution in [0.25, 0.3) is 0 Å². The van der Waals surface area contributed by atoms with Crippen LogP contribution in [0.1, 0.15) is 20.3 Å². The molecule has 0 saturated carbocycles. The van der Waals surface area contributed by atoms with Gasteiger partial charge in [0.15, 0.2) is 0 Å². The topological polar surface area (TPSA) is 60.9 Å². The smallest absolute Gasteiger partial charge is 0.320 e. The summed E-state index contributed by atoms with van der Waals surface area (Å²) < 4.78 is 0. The molecular weight excluding hydrogens is 240 g/mol. The molecule has 0 bridgehead atoms. The highest BCUT2D eigenvalue weighted by molar-refractivity contribution is 7.99. The monoisotopic (exact) mass is 260 g/mol. The molecule has 0 spiro atoms. The summed E-state index contributed by atoms with van der Waals surface area (Å²) in [4.78, 5) is 26.4. The van der Waals surface area contributed by atoms with Gasteiger partial charge < -0.3 is 14.9 Å². The largest absolute Gasteiger partial charge is 0.481 e. The summed E-state index contributed by atoms with van der Waals surface area (Å²) in [5.74, 6) is 0.775. The van der Waals surface area contributed by atoms with Crippen LogP contribution < -0.4 is 0 Å². The van der Waals surface area contributed by atoms with Crippen molar-refractivity contribution in [1.29, 1.82) is 0 Å². The van der Waals surface area contributed by atoms with Gasteiger partial charge in [-0.05, 0) is 13.8 Å². The van der Waals surface area contributed by atoms with Crippen LogP contribution in [-0.2, 0) is 4.79 Å². The van der Waals surface area contributed by atoms with E-state index in [1.165, 1.54) is 0 Å². The normalized spacial score (nSPS) is 20.1. The predicted molar refractivity (Wildman–Crippen MR) is 68.4 cm³/mol. The van der Waals surface area contributed by atoms with Gasteiger partial charge in [-0.2, -0.15) is 11.8 Å². The van der Waals surface area contributed by atoms with Crippen molar-refractivity contribution in [2.75, 3.05) is 31.1 Å². The van der Waals surface area contributed by atoms with E-state index in [-0.39, 0.29) is 18.5 Å². The van der Waals surface area contributed by atoms with Crippen molar-refractivity contribution < 1.29 is 14.7 Å². The Morgan fingerprint density at radius 2 is 2.06 bits per heavy atom. The molecule has 1 unspecified atom stereocenters. The van der Waals surface area contributed by atoms with Crippen LogP contribution in [0.5, 0.6) is 0 Å². The minimum atomic E-state index is -0.838. The molecular formula is C11H20N2O3S. The van der Waals surface area contributed by atoms with Gasteiger partial charge in [0.25, 0.3) is 0 Å². The first-order valence-corrected chi connectivity index (χ1v) is 7.10. The number of nitrogens with zero attached hydrogens (tertiary/aromatic N) is 2. The highest BCUT2D eigenvalue weighted by Gasteiger charge is 2.30. The number of amides is 2. The second-order valence-electron chi connectivity index (χ2n) is 3.97. The lowest BCUT2D eigenvalue weighted by atomic mass is 10.2. The molecule has 0 aromatic rings. The average Bonchev–Trinajstić information content (AvgIpc) is 2.30. The minimum absolute atomic E-state index is 0.0263. The molecule has 6 heteroatoms. The van der Waals surface area contributed by atoms with Gasteiger partial charge in [-0.3, -0.25) is 4.79 Å². The Labute approximate surface area is 106 Å². The van der Waals surface area contributed by atoms with Crippen LogP contribution in [0.15, 0.2) is 0 Å². The molecule has 0 aromatic carbocycles. The molecule has 0 aliphatic carbocycles. The third-order valence-electron chi connectivity index (χ3n) is 2.92. The lowest BCUT2D eigenvalue weighted by molar-refractivity contribution is -0.138. The highest BCUT2D eigenvalue weighted by Crippen LogP contribution is 2.20. The Kier molecular flexibility index (Phi) is 5.61. The summed E-state index contributed by atoms with van der Waals surface area (Å²) >= 11 is 1.72. The van der Waals surface area contributed by atoms with Crippen LogP contribution in [0, 0.1) is 0 Å². The van der Waals surface area contributed by atoms with Crippen molar-refractivity contribution in [2.45, 2.75) is 26.3 Å². The minimum Gasteiger partial charge on any atom is -0.481 e. The predicted octanol–water partition coefficient (Wildman–Crippen LogP) is 1.34. The fraction of sp³-hybridized carbons (Fsp3) is 0.818. The molecule has 1 heterocycles. The third kappa shape index (κ3) is 3.80. The first kappa shape index (κ1) is 14.2. The molecule has 1 atom stereocenters. The summed E-state index contributed by atoms with van der Waals surface area (Å²) in [6.07, 6.45) is 0.0417. The molecule has 17 heavy (non-hydrogen) atoms. The van der Waals surface area contributed by atoms with Gasteiger partial charge in [-0.25, -0.2) is 4.79 Å². The fourth-order valence-electron chi connectivity index (χ4n) is 1.95. The van der Waals surface area contributed by atoms with Crippen molar-refractivity contribution in [3.8, 4) is 0 Å². The number of carbonyl (C=O) groups excluding carboxylic acids is 1. The SMILES string of the molecule is CCN(CC)C(=O)N1CCSCC1CC(=O)O. The molecule has 98 valence electrons. The van der Waals surface area contributed by atoms with Gasteiger partial charge >= 0.3 is 12.0 Å².